The number of nitrogens with one attached hydrogen (secondary N) is 1. The number of hydrogen-bond acceptors (Lipinski definition) is 5. The predicted molar refractivity (Wildman–Crippen MR) is 104 cm³/mol. The van der Waals surface area contributed by atoms with E-state index >= 15 is 0 Å². The van der Waals surface area contributed by atoms with Gasteiger partial charge >= 0.3 is 5.97 Å². The van der Waals surface area contributed by atoms with Gasteiger partial charge in [-0.25, -0.2) is 4.79 Å². The summed E-state index contributed by atoms with van der Waals surface area (Å²) in [5.41, 5.74) is 6.56. The number of methoxy groups -OCH3 is 1. The molecule has 0 heterocycles. The first-order valence-corrected chi connectivity index (χ1v) is 9.59. The molecule has 150 valence electrons. The average Bonchev–Trinajstić information content (AvgIpc) is 2.61. The van der Waals surface area contributed by atoms with Gasteiger partial charge in [-0.1, -0.05) is 12.1 Å². The minimum absolute atomic E-state index is 0.0838. The van der Waals surface area contributed by atoms with Crippen molar-refractivity contribution in [3.05, 3.63) is 29.8 Å². The highest BCUT2D eigenvalue weighted by atomic mass is 16.5. The van der Waals surface area contributed by atoms with Crippen LogP contribution in [0.1, 0.15) is 52.0 Å². The van der Waals surface area contributed by atoms with Crippen LogP contribution in [0, 0.1) is 5.92 Å². The lowest BCUT2D eigenvalue weighted by Gasteiger charge is -2.27. The standard InChI is InChI=1S/C21H32N2O4/c1-21(2,3)27-17-11-5-14(6-12-17)13-18(20(25)26-4)23-19(24)15-7-9-16(22)10-8-15/h5-6,11-12,15-16,18H,7-10,13,22H2,1-4H3,(H,23,24). The number of ether oxygens (including phenoxy) is 2. The van der Waals surface area contributed by atoms with Crippen molar-refractivity contribution in [3.8, 4) is 5.75 Å². The molecule has 1 aliphatic carbocycles. The van der Waals surface area contributed by atoms with Crippen molar-refractivity contribution >= 4 is 11.9 Å². The molecule has 0 bridgehead atoms. The molecule has 1 fully saturated rings. The summed E-state index contributed by atoms with van der Waals surface area (Å²) in [4.78, 5) is 24.7. The molecule has 3 N–H and O–H groups in total. The fraction of sp³-hybridized carbons (Fsp3) is 0.619. The van der Waals surface area contributed by atoms with E-state index in [1.807, 2.05) is 45.0 Å². The molecule has 0 aromatic heterocycles. The second kappa shape index (κ2) is 9.22. The summed E-state index contributed by atoms with van der Waals surface area (Å²) in [6, 6.07) is 7.04. The van der Waals surface area contributed by atoms with Crippen molar-refractivity contribution in [1.29, 1.82) is 0 Å². The number of carbonyl (C=O) groups is 2. The van der Waals surface area contributed by atoms with Gasteiger partial charge in [0.1, 0.15) is 17.4 Å². The Morgan fingerprint density at radius 3 is 2.26 bits per heavy atom. The van der Waals surface area contributed by atoms with Gasteiger partial charge in [0.2, 0.25) is 5.91 Å². The van der Waals surface area contributed by atoms with E-state index in [0.717, 1.165) is 37.0 Å². The Kier molecular flexibility index (Phi) is 7.25. The Labute approximate surface area is 161 Å². The maximum atomic E-state index is 12.6. The van der Waals surface area contributed by atoms with E-state index in [0.29, 0.717) is 6.42 Å². The van der Waals surface area contributed by atoms with Crippen molar-refractivity contribution in [2.24, 2.45) is 11.7 Å². The zero-order chi connectivity index (χ0) is 20.0. The number of rotatable bonds is 6. The maximum absolute atomic E-state index is 12.6. The molecule has 0 aliphatic heterocycles. The molecule has 6 nitrogen and oxygen atoms in total. The van der Waals surface area contributed by atoms with Crippen LogP contribution in [0.5, 0.6) is 5.75 Å². The second-order valence-corrected chi connectivity index (χ2v) is 8.26. The van der Waals surface area contributed by atoms with Crippen LogP contribution in [0.25, 0.3) is 0 Å². The van der Waals surface area contributed by atoms with Gasteiger partial charge in [-0.15, -0.1) is 0 Å². The highest BCUT2D eigenvalue weighted by molar-refractivity contribution is 5.86. The molecule has 0 saturated heterocycles. The van der Waals surface area contributed by atoms with Gasteiger partial charge in [-0.2, -0.15) is 0 Å². The third-order valence-electron chi connectivity index (χ3n) is 4.73. The molecule has 0 spiro atoms. The average molecular weight is 376 g/mol. The van der Waals surface area contributed by atoms with Gasteiger partial charge in [0.05, 0.1) is 7.11 Å². The van der Waals surface area contributed by atoms with Gasteiger partial charge in [0.25, 0.3) is 0 Å². The van der Waals surface area contributed by atoms with Crippen molar-refractivity contribution in [2.75, 3.05) is 7.11 Å². The van der Waals surface area contributed by atoms with Crippen molar-refractivity contribution in [2.45, 2.75) is 70.6 Å². The van der Waals surface area contributed by atoms with Gasteiger partial charge in [0, 0.05) is 18.4 Å². The van der Waals surface area contributed by atoms with Crippen molar-refractivity contribution < 1.29 is 19.1 Å². The molecule has 1 aliphatic rings. The molecule has 1 saturated carbocycles. The fourth-order valence-electron chi connectivity index (χ4n) is 3.29. The third kappa shape index (κ3) is 6.86. The first-order valence-electron chi connectivity index (χ1n) is 9.59. The first kappa shape index (κ1) is 21.2. The summed E-state index contributed by atoms with van der Waals surface area (Å²) in [6.45, 7) is 5.96. The molecule has 1 atom stereocenters. The number of esters is 1. The normalized spacial score (nSPS) is 21.2. The number of benzene rings is 1. The van der Waals surface area contributed by atoms with Gasteiger partial charge < -0.3 is 20.5 Å². The Morgan fingerprint density at radius 2 is 1.74 bits per heavy atom. The summed E-state index contributed by atoms with van der Waals surface area (Å²) in [5.74, 6) is 0.152. The molecule has 27 heavy (non-hydrogen) atoms. The van der Waals surface area contributed by atoms with E-state index < -0.39 is 12.0 Å². The molecular weight excluding hydrogens is 344 g/mol. The third-order valence-corrected chi connectivity index (χ3v) is 4.73. The maximum Gasteiger partial charge on any atom is 0.328 e. The first-order chi connectivity index (χ1) is 12.7. The predicted octanol–water partition coefficient (Wildman–Crippen LogP) is 2.58. The molecule has 1 amide bonds. The van der Waals surface area contributed by atoms with E-state index in [-0.39, 0.29) is 23.5 Å². The van der Waals surface area contributed by atoms with E-state index in [1.54, 1.807) is 0 Å². The van der Waals surface area contributed by atoms with Gasteiger partial charge in [0.15, 0.2) is 0 Å². The monoisotopic (exact) mass is 376 g/mol. The van der Waals surface area contributed by atoms with E-state index in [4.69, 9.17) is 15.2 Å². The topological polar surface area (TPSA) is 90.6 Å². The number of nitrogens with two attached hydrogens (primary N) is 1. The Hall–Kier alpha value is -2.08. The lowest BCUT2D eigenvalue weighted by Crippen LogP contribution is -2.46. The summed E-state index contributed by atoms with van der Waals surface area (Å²) >= 11 is 0. The minimum Gasteiger partial charge on any atom is -0.488 e. The molecule has 0 radical (unpaired) electrons. The largest absolute Gasteiger partial charge is 0.488 e. The SMILES string of the molecule is COC(=O)C(Cc1ccc(OC(C)(C)C)cc1)NC(=O)C1CCC(N)CC1. The van der Waals surface area contributed by atoms with E-state index in [9.17, 15) is 9.59 Å². The minimum atomic E-state index is -0.701. The van der Waals surface area contributed by atoms with Crippen molar-refractivity contribution in [3.63, 3.8) is 0 Å². The zero-order valence-electron chi connectivity index (χ0n) is 16.8. The molecule has 1 unspecified atom stereocenters. The van der Waals surface area contributed by atoms with E-state index in [1.165, 1.54) is 7.11 Å². The summed E-state index contributed by atoms with van der Waals surface area (Å²) < 4.78 is 10.7. The van der Waals surface area contributed by atoms with Gasteiger partial charge in [-0.3, -0.25) is 4.79 Å². The number of amides is 1. The smallest absolute Gasteiger partial charge is 0.328 e. The van der Waals surface area contributed by atoms with Crippen LogP contribution in [-0.2, 0) is 20.7 Å². The molecule has 2 rings (SSSR count). The Bertz CT molecular complexity index is 629. The van der Waals surface area contributed by atoms with Crippen molar-refractivity contribution in [1.82, 2.24) is 5.32 Å². The Balaban J connectivity index is 1.99. The second-order valence-electron chi connectivity index (χ2n) is 8.26. The highest BCUT2D eigenvalue weighted by Crippen LogP contribution is 2.24. The molecule has 1 aromatic carbocycles. The highest BCUT2D eigenvalue weighted by Gasteiger charge is 2.29. The Morgan fingerprint density at radius 1 is 1.15 bits per heavy atom. The molecule has 6 heteroatoms. The zero-order valence-corrected chi connectivity index (χ0v) is 16.8. The summed E-state index contributed by atoms with van der Waals surface area (Å²) in [7, 11) is 1.33. The van der Waals surface area contributed by atoms with E-state index in [2.05, 4.69) is 5.32 Å². The number of hydrogen-bond donors (Lipinski definition) is 2. The summed E-state index contributed by atoms with van der Waals surface area (Å²) in [6.07, 6.45) is 3.59. The van der Waals surface area contributed by atoms with Crippen LogP contribution < -0.4 is 15.8 Å². The summed E-state index contributed by atoms with van der Waals surface area (Å²) in [5, 5.41) is 2.87. The van der Waals surface area contributed by atoms with Crippen LogP contribution in [0.15, 0.2) is 24.3 Å². The van der Waals surface area contributed by atoms with Gasteiger partial charge in [-0.05, 0) is 64.2 Å². The van der Waals surface area contributed by atoms with Crippen LogP contribution in [-0.4, -0.2) is 36.7 Å². The van der Waals surface area contributed by atoms with Crippen LogP contribution in [0.3, 0.4) is 0 Å². The van der Waals surface area contributed by atoms with Crippen LogP contribution in [0.4, 0.5) is 0 Å². The molecule has 1 aromatic rings. The lowest BCUT2D eigenvalue weighted by molar-refractivity contribution is -0.145. The number of carbonyl (C=O) groups excluding carboxylic acids is 2. The molecular formula is C21H32N2O4. The quantitative estimate of drug-likeness (QED) is 0.745. The van der Waals surface area contributed by atoms with Crippen LogP contribution >= 0.6 is 0 Å². The van der Waals surface area contributed by atoms with Crippen LogP contribution in [0.2, 0.25) is 0 Å². The fourth-order valence-corrected chi connectivity index (χ4v) is 3.29. The lowest BCUT2D eigenvalue weighted by atomic mass is 9.85.